The van der Waals surface area contributed by atoms with E-state index in [0.717, 1.165) is 11.1 Å². The third kappa shape index (κ3) is 4.08. The summed E-state index contributed by atoms with van der Waals surface area (Å²) in [5.74, 6) is -0.585. The largest absolute Gasteiger partial charge is 0.461 e. The molecule has 0 saturated carbocycles. The zero-order valence-electron chi connectivity index (χ0n) is 16.4. The van der Waals surface area contributed by atoms with Crippen LogP contribution in [0, 0.1) is 11.3 Å². The van der Waals surface area contributed by atoms with Crippen molar-refractivity contribution >= 4 is 11.7 Å². The number of rotatable bonds is 5. The highest BCUT2D eigenvalue weighted by Gasteiger charge is 2.43. The maximum Gasteiger partial charge on any atom is 0.220 e. The molecule has 0 saturated heterocycles. The first-order valence-electron chi connectivity index (χ1n) is 9.22. The summed E-state index contributed by atoms with van der Waals surface area (Å²) in [6.07, 6.45) is 0.370. The van der Waals surface area contributed by atoms with E-state index in [0.29, 0.717) is 24.3 Å². The van der Waals surface area contributed by atoms with Crippen molar-refractivity contribution in [1.29, 1.82) is 5.26 Å². The number of benzene rings is 2. The molecule has 3 rings (SSSR count). The van der Waals surface area contributed by atoms with E-state index in [1.165, 1.54) is 6.92 Å². The summed E-state index contributed by atoms with van der Waals surface area (Å²) in [7, 11) is 1.58. The predicted molar refractivity (Wildman–Crippen MR) is 107 cm³/mol. The van der Waals surface area contributed by atoms with Gasteiger partial charge in [-0.2, -0.15) is 5.26 Å². The Morgan fingerprint density at radius 1 is 1.21 bits per heavy atom. The average molecular weight is 376 g/mol. The van der Waals surface area contributed by atoms with Gasteiger partial charge in [-0.05, 0) is 5.56 Å². The summed E-state index contributed by atoms with van der Waals surface area (Å²) in [5, 5.41) is 9.97. The van der Waals surface area contributed by atoms with Gasteiger partial charge in [0.05, 0.1) is 11.6 Å². The van der Waals surface area contributed by atoms with Gasteiger partial charge in [-0.1, -0.05) is 60.7 Å². The maximum atomic E-state index is 12.6. The van der Waals surface area contributed by atoms with Gasteiger partial charge in [-0.15, -0.1) is 0 Å². The number of hydrogen-bond acceptors (Lipinski definition) is 4. The standard InChI is InChI=1S/C23H24N2O3/c1-17(26)25(16-18-10-6-4-7-11-18)21-14-23(2,27-3)28-22(20(21)15-24)19-12-8-5-9-13-19/h4-13,21H,14,16H2,1-3H3/t21-,23-/m0/s1. The predicted octanol–water partition coefficient (Wildman–Crippen LogP) is 4.12. The van der Waals surface area contributed by atoms with Crippen molar-refractivity contribution < 1.29 is 14.3 Å². The van der Waals surface area contributed by atoms with E-state index in [2.05, 4.69) is 6.07 Å². The summed E-state index contributed by atoms with van der Waals surface area (Å²) in [6, 6.07) is 21.1. The van der Waals surface area contributed by atoms with Crippen LogP contribution in [0.25, 0.3) is 5.76 Å². The molecule has 2 aromatic carbocycles. The number of methoxy groups -OCH3 is 1. The van der Waals surface area contributed by atoms with Crippen molar-refractivity contribution in [3.05, 3.63) is 77.4 Å². The average Bonchev–Trinajstić information content (AvgIpc) is 2.72. The minimum atomic E-state index is -0.944. The monoisotopic (exact) mass is 376 g/mol. The second-order valence-corrected chi connectivity index (χ2v) is 7.01. The van der Waals surface area contributed by atoms with Crippen LogP contribution in [0.1, 0.15) is 31.4 Å². The molecule has 0 aromatic heterocycles. The van der Waals surface area contributed by atoms with Gasteiger partial charge in [0.1, 0.15) is 11.8 Å². The number of amides is 1. The number of nitriles is 1. The van der Waals surface area contributed by atoms with Crippen molar-refractivity contribution in [2.75, 3.05) is 7.11 Å². The Morgan fingerprint density at radius 3 is 2.36 bits per heavy atom. The third-order valence-corrected chi connectivity index (χ3v) is 5.02. The van der Waals surface area contributed by atoms with E-state index < -0.39 is 11.8 Å². The minimum Gasteiger partial charge on any atom is -0.461 e. The molecule has 1 aliphatic heterocycles. The maximum absolute atomic E-state index is 12.6. The summed E-state index contributed by atoms with van der Waals surface area (Å²) in [6.45, 7) is 3.77. The Labute approximate surface area is 165 Å². The lowest BCUT2D eigenvalue weighted by Gasteiger charge is -2.42. The highest BCUT2D eigenvalue weighted by molar-refractivity contribution is 5.76. The van der Waals surface area contributed by atoms with Crippen LogP contribution in [0.3, 0.4) is 0 Å². The second-order valence-electron chi connectivity index (χ2n) is 7.01. The summed E-state index contributed by atoms with van der Waals surface area (Å²) in [5.41, 5.74) is 2.23. The van der Waals surface area contributed by atoms with Crippen molar-refractivity contribution in [2.45, 2.75) is 38.6 Å². The molecular weight excluding hydrogens is 352 g/mol. The van der Waals surface area contributed by atoms with Gasteiger partial charge in [0.25, 0.3) is 0 Å². The first-order valence-corrected chi connectivity index (χ1v) is 9.22. The van der Waals surface area contributed by atoms with E-state index >= 15 is 0 Å². The fourth-order valence-electron chi connectivity index (χ4n) is 3.46. The number of nitrogens with zero attached hydrogens (tertiary/aromatic N) is 2. The molecule has 2 atom stereocenters. The molecule has 1 amide bonds. The summed E-state index contributed by atoms with van der Waals surface area (Å²) >= 11 is 0. The van der Waals surface area contributed by atoms with Gasteiger partial charge in [-0.3, -0.25) is 4.79 Å². The molecule has 0 aliphatic carbocycles. The molecule has 2 aromatic rings. The van der Waals surface area contributed by atoms with Crippen LogP contribution in [0.15, 0.2) is 66.2 Å². The van der Waals surface area contributed by atoms with Crippen LogP contribution in [-0.2, 0) is 20.8 Å². The van der Waals surface area contributed by atoms with Crippen LogP contribution in [0.5, 0.6) is 0 Å². The molecule has 0 unspecified atom stereocenters. The lowest BCUT2D eigenvalue weighted by molar-refractivity contribution is -0.186. The zero-order chi connectivity index (χ0) is 20.1. The lowest BCUT2D eigenvalue weighted by Crippen LogP contribution is -2.49. The smallest absolute Gasteiger partial charge is 0.220 e. The van der Waals surface area contributed by atoms with Crippen molar-refractivity contribution in [2.24, 2.45) is 0 Å². The normalized spacial score (nSPS) is 21.6. The molecule has 1 aliphatic rings. The Kier molecular flexibility index (Phi) is 5.81. The fraction of sp³-hybridized carbons (Fsp3) is 0.304. The molecule has 0 spiro atoms. The molecule has 1 heterocycles. The Morgan fingerprint density at radius 2 is 1.82 bits per heavy atom. The highest BCUT2D eigenvalue weighted by Crippen LogP contribution is 2.39. The van der Waals surface area contributed by atoms with Gasteiger partial charge >= 0.3 is 0 Å². The van der Waals surface area contributed by atoms with E-state index in [9.17, 15) is 10.1 Å². The van der Waals surface area contributed by atoms with Gasteiger partial charge in [0, 0.05) is 39.5 Å². The van der Waals surface area contributed by atoms with E-state index in [1.54, 1.807) is 12.0 Å². The number of hydrogen-bond donors (Lipinski definition) is 0. The number of ether oxygens (including phenoxy) is 2. The molecule has 0 radical (unpaired) electrons. The van der Waals surface area contributed by atoms with Crippen LogP contribution in [0.4, 0.5) is 0 Å². The van der Waals surface area contributed by atoms with Crippen LogP contribution >= 0.6 is 0 Å². The van der Waals surface area contributed by atoms with E-state index in [-0.39, 0.29) is 5.91 Å². The van der Waals surface area contributed by atoms with Gasteiger partial charge < -0.3 is 14.4 Å². The van der Waals surface area contributed by atoms with Gasteiger partial charge in [-0.25, -0.2) is 0 Å². The van der Waals surface area contributed by atoms with Gasteiger partial charge in [0.2, 0.25) is 11.7 Å². The molecule has 0 N–H and O–H groups in total. The lowest BCUT2D eigenvalue weighted by atomic mass is 9.91. The molecule has 28 heavy (non-hydrogen) atoms. The summed E-state index contributed by atoms with van der Waals surface area (Å²) in [4.78, 5) is 14.3. The Balaban J connectivity index is 2.09. The highest BCUT2D eigenvalue weighted by atomic mass is 16.7. The fourth-order valence-corrected chi connectivity index (χ4v) is 3.46. The molecular formula is C23H24N2O3. The number of carbonyl (C=O) groups excluding carboxylic acids is 1. The van der Waals surface area contributed by atoms with Crippen molar-refractivity contribution in [3.63, 3.8) is 0 Å². The van der Waals surface area contributed by atoms with E-state index in [1.807, 2.05) is 67.6 Å². The van der Waals surface area contributed by atoms with Gasteiger partial charge in [0.15, 0.2) is 0 Å². The molecule has 144 valence electrons. The van der Waals surface area contributed by atoms with Crippen molar-refractivity contribution in [1.82, 2.24) is 4.90 Å². The second kappa shape index (κ2) is 8.28. The van der Waals surface area contributed by atoms with E-state index in [4.69, 9.17) is 9.47 Å². The topological polar surface area (TPSA) is 62.6 Å². The quantitative estimate of drug-likeness (QED) is 0.787. The first-order chi connectivity index (χ1) is 13.5. The third-order valence-electron chi connectivity index (χ3n) is 5.02. The van der Waals surface area contributed by atoms with Crippen LogP contribution in [0.2, 0.25) is 0 Å². The molecule has 5 nitrogen and oxygen atoms in total. The molecule has 0 bridgehead atoms. The number of carbonyl (C=O) groups is 1. The molecule has 5 heteroatoms. The van der Waals surface area contributed by atoms with Crippen LogP contribution < -0.4 is 0 Å². The first kappa shape index (κ1) is 19.7. The molecule has 0 fully saturated rings. The zero-order valence-corrected chi connectivity index (χ0v) is 16.4. The Bertz CT molecular complexity index is 902. The Hall–Kier alpha value is -3.10. The van der Waals surface area contributed by atoms with Crippen molar-refractivity contribution in [3.8, 4) is 6.07 Å². The SMILES string of the molecule is CO[C@]1(C)C[C@H](N(Cc2ccccc2)C(C)=O)C(C#N)=C(c2ccccc2)O1. The summed E-state index contributed by atoms with van der Waals surface area (Å²) < 4.78 is 11.7. The minimum absolute atomic E-state index is 0.102. The van der Waals surface area contributed by atoms with Crippen LogP contribution in [-0.4, -0.2) is 29.7 Å².